The average Bonchev–Trinajstić information content (AvgIpc) is 3.02. The molecule has 2 N–H and O–H groups in total. The number of hydrogen-bond donors (Lipinski definition) is 2. The predicted molar refractivity (Wildman–Crippen MR) is 88.1 cm³/mol. The van der Waals surface area contributed by atoms with E-state index in [2.05, 4.69) is 15.4 Å². The van der Waals surface area contributed by atoms with Gasteiger partial charge in [-0.1, -0.05) is 6.07 Å². The van der Waals surface area contributed by atoms with Crippen LogP contribution >= 0.6 is 0 Å². The summed E-state index contributed by atoms with van der Waals surface area (Å²) in [4.78, 5) is 16.4. The molecule has 0 bridgehead atoms. The third kappa shape index (κ3) is 4.89. The van der Waals surface area contributed by atoms with Crippen LogP contribution in [0, 0.1) is 5.92 Å². The lowest BCUT2D eigenvalue weighted by atomic mass is 10.0. The zero-order chi connectivity index (χ0) is 16.9. The fourth-order valence-electron chi connectivity index (χ4n) is 2.16. The first kappa shape index (κ1) is 17.1. The molecule has 6 heteroatoms. The highest BCUT2D eigenvalue weighted by Gasteiger charge is 2.17. The Morgan fingerprint density at radius 3 is 2.74 bits per heavy atom. The Kier molecular flexibility index (Phi) is 5.50. The van der Waals surface area contributed by atoms with E-state index < -0.39 is 0 Å². The van der Waals surface area contributed by atoms with Gasteiger partial charge < -0.3 is 10.4 Å². The number of aromatic nitrogens is 3. The highest BCUT2D eigenvalue weighted by atomic mass is 16.3. The van der Waals surface area contributed by atoms with Crippen LogP contribution in [0.25, 0.3) is 0 Å². The van der Waals surface area contributed by atoms with E-state index in [-0.39, 0.29) is 24.0 Å². The Balaban J connectivity index is 1.91. The highest BCUT2D eigenvalue weighted by molar-refractivity contribution is 5.93. The summed E-state index contributed by atoms with van der Waals surface area (Å²) in [6.45, 7) is 6.47. The Labute approximate surface area is 136 Å². The summed E-state index contributed by atoms with van der Waals surface area (Å²) >= 11 is 0. The molecule has 1 unspecified atom stereocenters. The van der Waals surface area contributed by atoms with Gasteiger partial charge in [-0.25, -0.2) is 0 Å². The molecule has 124 valence electrons. The quantitative estimate of drug-likeness (QED) is 0.848. The molecule has 2 aromatic heterocycles. The molecular weight excluding hydrogens is 292 g/mol. The van der Waals surface area contributed by atoms with Crippen molar-refractivity contribution in [3.05, 3.63) is 48.0 Å². The molecule has 1 amide bonds. The minimum atomic E-state index is -0.181. The zero-order valence-electron chi connectivity index (χ0n) is 13.9. The number of carbonyl (C=O) groups is 1. The number of carbonyl (C=O) groups excluding carboxylic acids is 1. The van der Waals surface area contributed by atoms with Crippen LogP contribution in [-0.2, 0) is 12.0 Å². The molecule has 1 atom stereocenters. The topological polar surface area (TPSA) is 80.0 Å². The number of nitrogens with zero attached hydrogens (tertiary/aromatic N) is 3. The van der Waals surface area contributed by atoms with E-state index in [4.69, 9.17) is 0 Å². The van der Waals surface area contributed by atoms with E-state index >= 15 is 0 Å². The Hall–Kier alpha value is -2.21. The number of hydrogen-bond acceptors (Lipinski definition) is 4. The van der Waals surface area contributed by atoms with Crippen LogP contribution < -0.4 is 5.32 Å². The molecule has 23 heavy (non-hydrogen) atoms. The van der Waals surface area contributed by atoms with Gasteiger partial charge in [0.25, 0.3) is 5.91 Å². The lowest BCUT2D eigenvalue weighted by Gasteiger charge is -2.18. The van der Waals surface area contributed by atoms with Gasteiger partial charge >= 0.3 is 0 Å². The second kappa shape index (κ2) is 7.37. The predicted octanol–water partition coefficient (Wildman–Crippen LogP) is 1.61. The fourth-order valence-corrected chi connectivity index (χ4v) is 2.16. The summed E-state index contributed by atoms with van der Waals surface area (Å²) in [6, 6.07) is 5.68. The van der Waals surface area contributed by atoms with E-state index in [0.717, 1.165) is 5.69 Å². The average molecular weight is 316 g/mol. The van der Waals surface area contributed by atoms with Crippen molar-refractivity contribution in [2.24, 2.45) is 5.92 Å². The second-order valence-electron chi connectivity index (χ2n) is 6.63. The second-order valence-corrected chi connectivity index (χ2v) is 6.63. The number of rotatable bonds is 6. The first-order valence-corrected chi connectivity index (χ1v) is 7.74. The van der Waals surface area contributed by atoms with Crippen LogP contribution in [0.3, 0.4) is 0 Å². The Bertz CT molecular complexity index is 632. The summed E-state index contributed by atoms with van der Waals surface area (Å²) in [5, 5.41) is 16.6. The van der Waals surface area contributed by atoms with Gasteiger partial charge in [0, 0.05) is 37.2 Å². The van der Waals surface area contributed by atoms with E-state index in [9.17, 15) is 9.90 Å². The van der Waals surface area contributed by atoms with Crippen molar-refractivity contribution in [3.63, 3.8) is 0 Å². The third-order valence-corrected chi connectivity index (χ3v) is 3.57. The van der Waals surface area contributed by atoms with Crippen molar-refractivity contribution in [1.82, 2.24) is 20.1 Å². The summed E-state index contributed by atoms with van der Waals surface area (Å²) < 4.78 is 1.76. The Morgan fingerprint density at radius 2 is 2.17 bits per heavy atom. The van der Waals surface area contributed by atoms with Crippen LogP contribution in [0.15, 0.2) is 36.8 Å². The minimum Gasteiger partial charge on any atom is -0.396 e. The number of aliphatic hydroxyl groups is 1. The van der Waals surface area contributed by atoms with Crippen molar-refractivity contribution in [2.75, 3.05) is 13.2 Å². The van der Waals surface area contributed by atoms with Crippen LogP contribution in [0.5, 0.6) is 0 Å². The van der Waals surface area contributed by atoms with Gasteiger partial charge in [-0.2, -0.15) is 5.10 Å². The molecule has 0 aliphatic heterocycles. The SMILES string of the molecule is CC(C)(C)n1cc(C(=O)NCC(CO)Cc2ccccn2)cn1. The molecule has 6 nitrogen and oxygen atoms in total. The maximum absolute atomic E-state index is 12.2. The highest BCUT2D eigenvalue weighted by Crippen LogP contribution is 2.13. The molecule has 0 saturated carbocycles. The van der Waals surface area contributed by atoms with Crippen molar-refractivity contribution < 1.29 is 9.90 Å². The summed E-state index contributed by atoms with van der Waals surface area (Å²) in [7, 11) is 0. The van der Waals surface area contributed by atoms with Crippen LogP contribution in [-0.4, -0.2) is 38.9 Å². The van der Waals surface area contributed by atoms with Crippen LogP contribution in [0.4, 0.5) is 0 Å². The van der Waals surface area contributed by atoms with Gasteiger partial charge in [0.05, 0.1) is 17.3 Å². The lowest BCUT2D eigenvalue weighted by Crippen LogP contribution is -2.32. The van der Waals surface area contributed by atoms with Gasteiger partial charge in [0.2, 0.25) is 0 Å². The molecule has 0 fully saturated rings. The number of nitrogens with one attached hydrogen (secondary N) is 1. The lowest BCUT2D eigenvalue weighted by molar-refractivity contribution is 0.0939. The molecule has 2 rings (SSSR count). The van der Waals surface area contributed by atoms with E-state index in [1.54, 1.807) is 23.3 Å². The van der Waals surface area contributed by atoms with Crippen molar-refractivity contribution in [2.45, 2.75) is 32.7 Å². The first-order chi connectivity index (χ1) is 10.9. The van der Waals surface area contributed by atoms with Crippen LogP contribution in [0.2, 0.25) is 0 Å². The smallest absolute Gasteiger partial charge is 0.254 e. The normalized spacial score (nSPS) is 12.9. The van der Waals surface area contributed by atoms with Gasteiger partial charge in [-0.15, -0.1) is 0 Å². The molecule has 0 spiro atoms. The summed E-state index contributed by atoms with van der Waals surface area (Å²) in [5.41, 5.74) is 1.27. The zero-order valence-corrected chi connectivity index (χ0v) is 13.9. The molecule has 0 aliphatic rings. The minimum absolute atomic E-state index is 0.00188. The van der Waals surface area contributed by atoms with Gasteiger partial charge in [-0.3, -0.25) is 14.5 Å². The van der Waals surface area contributed by atoms with Crippen molar-refractivity contribution >= 4 is 5.91 Å². The van der Waals surface area contributed by atoms with Crippen LogP contribution in [0.1, 0.15) is 36.8 Å². The summed E-state index contributed by atoms with van der Waals surface area (Å²) in [6.07, 6.45) is 5.65. The number of pyridine rings is 1. The maximum Gasteiger partial charge on any atom is 0.254 e. The van der Waals surface area contributed by atoms with Gasteiger partial charge in [0.1, 0.15) is 0 Å². The van der Waals surface area contributed by atoms with Crippen molar-refractivity contribution in [1.29, 1.82) is 0 Å². The molecule has 0 aliphatic carbocycles. The summed E-state index contributed by atoms with van der Waals surface area (Å²) in [5.74, 6) is -0.244. The molecule has 2 aromatic rings. The van der Waals surface area contributed by atoms with Gasteiger partial charge in [-0.05, 0) is 39.3 Å². The van der Waals surface area contributed by atoms with Crippen molar-refractivity contribution in [3.8, 4) is 0 Å². The maximum atomic E-state index is 12.2. The molecule has 0 radical (unpaired) electrons. The monoisotopic (exact) mass is 316 g/mol. The molecule has 0 saturated heterocycles. The van der Waals surface area contributed by atoms with E-state index in [1.165, 1.54) is 0 Å². The van der Waals surface area contributed by atoms with E-state index in [1.807, 2.05) is 39.0 Å². The Morgan fingerprint density at radius 1 is 1.39 bits per heavy atom. The third-order valence-electron chi connectivity index (χ3n) is 3.57. The standard InChI is InChI=1S/C17H24N4O2/c1-17(2,3)21-11-14(10-20-21)16(23)19-9-13(12-22)8-15-6-4-5-7-18-15/h4-7,10-11,13,22H,8-9,12H2,1-3H3,(H,19,23). The number of amides is 1. The van der Waals surface area contributed by atoms with E-state index in [0.29, 0.717) is 18.5 Å². The molecule has 2 heterocycles. The number of aliphatic hydroxyl groups excluding tert-OH is 1. The molecule has 0 aromatic carbocycles. The molecular formula is C17H24N4O2. The van der Waals surface area contributed by atoms with Gasteiger partial charge in [0.15, 0.2) is 0 Å². The largest absolute Gasteiger partial charge is 0.396 e. The fraction of sp³-hybridized carbons (Fsp3) is 0.471. The first-order valence-electron chi connectivity index (χ1n) is 7.74.